The van der Waals surface area contributed by atoms with E-state index in [1.54, 1.807) is 11.6 Å². The lowest BCUT2D eigenvalue weighted by Crippen LogP contribution is -2.39. The van der Waals surface area contributed by atoms with E-state index in [0.29, 0.717) is 24.5 Å². The maximum absolute atomic E-state index is 12.8. The number of hydrogen-bond donors (Lipinski definition) is 1. The molecule has 0 spiro atoms. The lowest BCUT2D eigenvalue weighted by molar-refractivity contribution is 0.0810. The molecule has 8 nitrogen and oxygen atoms in total. The molecule has 2 aromatic heterocycles. The molecule has 0 aliphatic carbocycles. The van der Waals surface area contributed by atoms with Gasteiger partial charge >= 0.3 is 5.69 Å². The highest BCUT2D eigenvalue weighted by atomic mass is 28.3. The molecule has 2 rings (SSSR count). The molecule has 0 radical (unpaired) electrons. The molecule has 0 aliphatic rings. The number of aliphatic hydroxyl groups is 1. The Morgan fingerprint density at radius 3 is 2.54 bits per heavy atom. The predicted octanol–water partition coefficient (Wildman–Crippen LogP) is 1.12. The lowest BCUT2D eigenvalue weighted by atomic mass is 10.3. The zero-order valence-corrected chi connectivity index (χ0v) is 17.2. The second kappa shape index (κ2) is 8.15. The van der Waals surface area contributed by atoms with Gasteiger partial charge in [0.15, 0.2) is 0 Å². The molecule has 0 atom stereocenters. The van der Waals surface area contributed by atoms with Crippen molar-refractivity contribution < 1.29 is 9.84 Å². The standard InChI is InChI=1S/C17H28N4O4Si/c1-13-16(14(2)21(18-13)8-9-22)19-7-6-15(23)20(17(19)24)12-25-10-11-26(3,4)5/h6-7,22H,8-12H2,1-5H3. The Kier molecular flexibility index (Phi) is 6.38. The Morgan fingerprint density at radius 2 is 1.92 bits per heavy atom. The number of aryl methyl sites for hydroxylation is 1. The Bertz CT molecular complexity index is 876. The van der Waals surface area contributed by atoms with Crippen LogP contribution in [0, 0.1) is 13.8 Å². The van der Waals surface area contributed by atoms with Crippen molar-refractivity contribution in [2.24, 2.45) is 0 Å². The second-order valence-corrected chi connectivity index (χ2v) is 13.2. The van der Waals surface area contributed by atoms with E-state index in [9.17, 15) is 9.59 Å². The van der Waals surface area contributed by atoms with Crippen LogP contribution in [-0.4, -0.2) is 45.3 Å². The summed E-state index contributed by atoms with van der Waals surface area (Å²) in [6, 6.07) is 2.32. The summed E-state index contributed by atoms with van der Waals surface area (Å²) in [7, 11) is -1.23. The first-order valence-electron chi connectivity index (χ1n) is 8.71. The van der Waals surface area contributed by atoms with Crippen LogP contribution in [0.5, 0.6) is 0 Å². The zero-order chi connectivity index (χ0) is 19.5. The van der Waals surface area contributed by atoms with Gasteiger partial charge in [0.25, 0.3) is 5.56 Å². The summed E-state index contributed by atoms with van der Waals surface area (Å²) in [5.41, 5.74) is 1.18. The molecule has 0 unspecified atom stereocenters. The van der Waals surface area contributed by atoms with Crippen LogP contribution < -0.4 is 11.2 Å². The van der Waals surface area contributed by atoms with Crippen LogP contribution in [0.15, 0.2) is 21.9 Å². The molecule has 0 aliphatic heterocycles. The Labute approximate surface area is 153 Å². The quantitative estimate of drug-likeness (QED) is 0.547. The van der Waals surface area contributed by atoms with E-state index in [-0.39, 0.29) is 13.3 Å². The van der Waals surface area contributed by atoms with Crippen molar-refractivity contribution in [1.82, 2.24) is 18.9 Å². The van der Waals surface area contributed by atoms with E-state index in [2.05, 4.69) is 24.7 Å². The highest BCUT2D eigenvalue weighted by Gasteiger charge is 2.17. The summed E-state index contributed by atoms with van der Waals surface area (Å²) < 4.78 is 9.73. The maximum atomic E-state index is 12.8. The highest BCUT2D eigenvalue weighted by molar-refractivity contribution is 6.76. The van der Waals surface area contributed by atoms with E-state index in [0.717, 1.165) is 16.3 Å². The lowest BCUT2D eigenvalue weighted by Gasteiger charge is -2.16. The molecule has 0 saturated carbocycles. The first-order chi connectivity index (χ1) is 12.2. The smallest absolute Gasteiger partial charge is 0.337 e. The Hall–Kier alpha value is -1.97. The molecule has 0 saturated heterocycles. The predicted molar refractivity (Wildman–Crippen MR) is 103 cm³/mol. The molecule has 2 aromatic rings. The van der Waals surface area contributed by atoms with Gasteiger partial charge < -0.3 is 9.84 Å². The fraction of sp³-hybridized carbons (Fsp3) is 0.588. The van der Waals surface area contributed by atoms with Gasteiger partial charge in [0, 0.05) is 26.9 Å². The summed E-state index contributed by atoms with van der Waals surface area (Å²) in [4.78, 5) is 24.9. The molecule has 144 valence electrons. The van der Waals surface area contributed by atoms with Crippen molar-refractivity contribution in [3.8, 4) is 5.69 Å². The fourth-order valence-electron chi connectivity index (χ4n) is 2.69. The van der Waals surface area contributed by atoms with Gasteiger partial charge in [-0.25, -0.2) is 9.36 Å². The average molecular weight is 381 g/mol. The van der Waals surface area contributed by atoms with Gasteiger partial charge in [0.1, 0.15) is 6.73 Å². The molecular formula is C17H28N4O4Si. The van der Waals surface area contributed by atoms with E-state index < -0.39 is 19.3 Å². The number of ether oxygens (including phenoxy) is 1. The summed E-state index contributed by atoms with van der Waals surface area (Å²) in [6.07, 6.45) is 1.46. The van der Waals surface area contributed by atoms with Crippen LogP contribution in [-0.2, 0) is 18.0 Å². The van der Waals surface area contributed by atoms with Crippen molar-refractivity contribution in [1.29, 1.82) is 0 Å². The van der Waals surface area contributed by atoms with Crippen molar-refractivity contribution >= 4 is 8.07 Å². The minimum Gasteiger partial charge on any atom is -0.394 e. The van der Waals surface area contributed by atoms with Gasteiger partial charge in [-0.05, 0) is 19.9 Å². The van der Waals surface area contributed by atoms with E-state index in [1.807, 2.05) is 6.92 Å². The third kappa shape index (κ3) is 4.60. The van der Waals surface area contributed by atoms with Crippen molar-refractivity contribution in [3.05, 3.63) is 44.5 Å². The number of nitrogens with zero attached hydrogens (tertiary/aromatic N) is 4. The van der Waals surface area contributed by atoms with Gasteiger partial charge in [-0.15, -0.1) is 0 Å². The van der Waals surface area contributed by atoms with Gasteiger partial charge in [0.2, 0.25) is 0 Å². The van der Waals surface area contributed by atoms with Crippen molar-refractivity contribution in [2.75, 3.05) is 13.2 Å². The van der Waals surface area contributed by atoms with Gasteiger partial charge in [0.05, 0.1) is 30.2 Å². The van der Waals surface area contributed by atoms with Crippen LogP contribution in [0.25, 0.3) is 5.69 Å². The van der Waals surface area contributed by atoms with E-state index >= 15 is 0 Å². The molecule has 9 heteroatoms. The third-order valence-electron chi connectivity index (χ3n) is 4.18. The van der Waals surface area contributed by atoms with Crippen LogP contribution in [0.2, 0.25) is 25.7 Å². The summed E-state index contributed by atoms with van der Waals surface area (Å²) >= 11 is 0. The molecule has 0 amide bonds. The van der Waals surface area contributed by atoms with Crippen LogP contribution in [0.3, 0.4) is 0 Å². The topological polar surface area (TPSA) is 91.3 Å². The number of aliphatic hydroxyl groups excluding tert-OH is 1. The van der Waals surface area contributed by atoms with Crippen LogP contribution >= 0.6 is 0 Å². The maximum Gasteiger partial charge on any atom is 0.337 e. The van der Waals surface area contributed by atoms with Gasteiger partial charge in [-0.2, -0.15) is 5.10 Å². The number of aromatic nitrogens is 4. The van der Waals surface area contributed by atoms with Crippen molar-refractivity contribution in [2.45, 2.75) is 52.8 Å². The first kappa shape index (κ1) is 20.3. The summed E-state index contributed by atoms with van der Waals surface area (Å²) in [5, 5.41) is 13.5. The fourth-order valence-corrected chi connectivity index (χ4v) is 3.44. The number of hydrogen-bond acceptors (Lipinski definition) is 5. The number of rotatable bonds is 8. The monoisotopic (exact) mass is 380 g/mol. The summed E-state index contributed by atoms with van der Waals surface area (Å²) in [5.74, 6) is 0. The molecule has 0 aromatic carbocycles. The molecule has 0 fully saturated rings. The zero-order valence-electron chi connectivity index (χ0n) is 16.2. The largest absolute Gasteiger partial charge is 0.394 e. The van der Waals surface area contributed by atoms with Gasteiger partial charge in [-0.3, -0.25) is 14.0 Å². The minimum atomic E-state index is -1.23. The molecule has 0 bridgehead atoms. The normalized spacial score (nSPS) is 11.9. The first-order valence-corrected chi connectivity index (χ1v) is 12.4. The van der Waals surface area contributed by atoms with E-state index in [1.165, 1.54) is 16.8 Å². The van der Waals surface area contributed by atoms with E-state index in [4.69, 9.17) is 9.84 Å². The minimum absolute atomic E-state index is 0.0409. The molecular weight excluding hydrogens is 352 g/mol. The van der Waals surface area contributed by atoms with Crippen LogP contribution in [0.4, 0.5) is 0 Å². The highest BCUT2D eigenvalue weighted by Crippen LogP contribution is 2.16. The Morgan fingerprint density at radius 1 is 1.23 bits per heavy atom. The molecule has 1 N–H and O–H groups in total. The SMILES string of the molecule is Cc1nn(CCO)c(C)c1-n1ccc(=O)n(COCC[Si](C)(C)C)c1=O. The van der Waals surface area contributed by atoms with Crippen molar-refractivity contribution in [3.63, 3.8) is 0 Å². The second-order valence-electron chi connectivity index (χ2n) is 7.55. The van der Waals surface area contributed by atoms with Gasteiger partial charge in [-0.1, -0.05) is 19.6 Å². The average Bonchev–Trinajstić information content (AvgIpc) is 2.81. The van der Waals surface area contributed by atoms with Crippen LogP contribution in [0.1, 0.15) is 11.4 Å². The molecule has 26 heavy (non-hydrogen) atoms. The summed E-state index contributed by atoms with van der Waals surface area (Å²) in [6.45, 7) is 11.1. The third-order valence-corrected chi connectivity index (χ3v) is 5.89. The molecule has 2 heterocycles. The Balaban J connectivity index is 2.33.